The second-order valence-electron chi connectivity index (χ2n) is 5.46. The molecule has 3 aromatic rings. The molecule has 0 bridgehead atoms. The van der Waals surface area contributed by atoms with E-state index >= 15 is 0 Å². The van der Waals surface area contributed by atoms with Crippen LogP contribution in [0.5, 0.6) is 5.75 Å². The van der Waals surface area contributed by atoms with E-state index in [9.17, 15) is 13.6 Å². The number of rotatable bonds is 6. The van der Waals surface area contributed by atoms with E-state index in [-0.39, 0.29) is 17.2 Å². The van der Waals surface area contributed by atoms with E-state index in [0.717, 1.165) is 12.1 Å². The van der Waals surface area contributed by atoms with Gasteiger partial charge in [0.05, 0.1) is 12.3 Å². The predicted octanol–water partition coefficient (Wildman–Crippen LogP) is 4.15. The van der Waals surface area contributed by atoms with Gasteiger partial charge in [0.1, 0.15) is 17.4 Å². The number of carbonyl (C=O) groups is 1. The first-order chi connectivity index (χ1) is 13.0. The van der Waals surface area contributed by atoms with Crippen molar-refractivity contribution in [2.24, 2.45) is 0 Å². The van der Waals surface area contributed by atoms with Gasteiger partial charge in [-0.1, -0.05) is 0 Å². The summed E-state index contributed by atoms with van der Waals surface area (Å²) in [6.45, 7) is 2.45. The van der Waals surface area contributed by atoms with Crippen molar-refractivity contribution in [1.82, 2.24) is 10.2 Å². The van der Waals surface area contributed by atoms with Gasteiger partial charge in [0, 0.05) is 11.8 Å². The van der Waals surface area contributed by atoms with E-state index < -0.39 is 17.5 Å². The third-order valence-corrected chi connectivity index (χ3v) is 3.51. The zero-order chi connectivity index (χ0) is 19.2. The van der Waals surface area contributed by atoms with E-state index in [2.05, 4.69) is 20.8 Å². The van der Waals surface area contributed by atoms with Crippen molar-refractivity contribution in [3.05, 3.63) is 71.9 Å². The van der Waals surface area contributed by atoms with Crippen molar-refractivity contribution in [2.45, 2.75) is 6.92 Å². The maximum Gasteiger partial charge on any atom is 0.276 e. The Bertz CT molecular complexity index is 931. The molecule has 0 aliphatic rings. The first-order valence-electron chi connectivity index (χ1n) is 8.15. The summed E-state index contributed by atoms with van der Waals surface area (Å²) in [4.78, 5) is 12.2. The Kier molecular flexibility index (Phi) is 5.55. The molecule has 8 heteroatoms. The molecule has 1 amide bonds. The smallest absolute Gasteiger partial charge is 0.276 e. The van der Waals surface area contributed by atoms with Crippen molar-refractivity contribution in [1.29, 1.82) is 0 Å². The molecule has 1 aromatic heterocycles. The van der Waals surface area contributed by atoms with Gasteiger partial charge >= 0.3 is 0 Å². The van der Waals surface area contributed by atoms with Crippen molar-refractivity contribution in [2.75, 3.05) is 17.2 Å². The number of nitrogens with one attached hydrogen (secondary N) is 2. The van der Waals surface area contributed by atoms with E-state index in [1.165, 1.54) is 18.2 Å². The number of aromatic nitrogens is 2. The van der Waals surface area contributed by atoms with E-state index in [1.807, 2.05) is 6.92 Å². The van der Waals surface area contributed by atoms with Gasteiger partial charge in [0.25, 0.3) is 5.91 Å². The molecule has 0 atom stereocenters. The first-order valence-corrected chi connectivity index (χ1v) is 8.15. The van der Waals surface area contributed by atoms with Crippen molar-refractivity contribution in [3.8, 4) is 5.75 Å². The summed E-state index contributed by atoms with van der Waals surface area (Å²) in [5, 5.41) is 13.0. The maximum atomic E-state index is 13.6. The van der Waals surface area contributed by atoms with Crippen molar-refractivity contribution in [3.63, 3.8) is 0 Å². The van der Waals surface area contributed by atoms with Crippen LogP contribution in [0.4, 0.5) is 26.0 Å². The average molecular weight is 370 g/mol. The minimum Gasteiger partial charge on any atom is -0.494 e. The number of halogens is 2. The molecule has 1 heterocycles. The van der Waals surface area contributed by atoms with Crippen LogP contribution in [0.15, 0.2) is 54.6 Å². The molecule has 0 unspecified atom stereocenters. The summed E-state index contributed by atoms with van der Waals surface area (Å²) in [5.74, 6) is -0.942. The Morgan fingerprint density at radius 2 is 1.81 bits per heavy atom. The quantitative estimate of drug-likeness (QED) is 0.682. The molecule has 27 heavy (non-hydrogen) atoms. The number of carbonyl (C=O) groups excluding carboxylic acids is 1. The highest BCUT2D eigenvalue weighted by Crippen LogP contribution is 2.19. The minimum atomic E-state index is -0.755. The molecular weight excluding hydrogens is 354 g/mol. The van der Waals surface area contributed by atoms with Crippen LogP contribution in [0.2, 0.25) is 0 Å². The Hall–Kier alpha value is -3.55. The van der Waals surface area contributed by atoms with E-state index in [4.69, 9.17) is 4.74 Å². The predicted molar refractivity (Wildman–Crippen MR) is 97.2 cm³/mol. The van der Waals surface area contributed by atoms with Crippen LogP contribution in [0.1, 0.15) is 17.4 Å². The first kappa shape index (κ1) is 18.2. The summed E-state index contributed by atoms with van der Waals surface area (Å²) in [7, 11) is 0. The Labute approximate surface area is 154 Å². The topological polar surface area (TPSA) is 76.1 Å². The number of amides is 1. The molecule has 2 N–H and O–H groups in total. The normalized spacial score (nSPS) is 10.3. The third-order valence-electron chi connectivity index (χ3n) is 3.51. The van der Waals surface area contributed by atoms with Gasteiger partial charge in [-0.25, -0.2) is 8.78 Å². The molecule has 0 radical (unpaired) electrons. The Morgan fingerprint density at radius 3 is 2.44 bits per heavy atom. The van der Waals surface area contributed by atoms with Gasteiger partial charge < -0.3 is 15.4 Å². The molecule has 0 saturated carbocycles. The van der Waals surface area contributed by atoms with Gasteiger partial charge in [0.15, 0.2) is 11.5 Å². The fraction of sp³-hybridized carbons (Fsp3) is 0.105. The van der Waals surface area contributed by atoms with Crippen LogP contribution in [0, 0.1) is 11.6 Å². The molecular formula is C19H16F2N4O2. The van der Waals surface area contributed by atoms with Gasteiger partial charge in [0.2, 0.25) is 0 Å². The highest BCUT2D eigenvalue weighted by Gasteiger charge is 2.10. The molecule has 6 nitrogen and oxygen atoms in total. The second kappa shape index (κ2) is 8.22. The fourth-order valence-electron chi connectivity index (χ4n) is 2.25. The number of benzene rings is 2. The lowest BCUT2D eigenvalue weighted by Crippen LogP contribution is -2.14. The molecule has 0 aliphatic carbocycles. The Morgan fingerprint density at radius 1 is 1.04 bits per heavy atom. The van der Waals surface area contributed by atoms with Crippen molar-refractivity contribution < 1.29 is 18.3 Å². The molecule has 138 valence electrons. The summed E-state index contributed by atoms with van der Waals surface area (Å²) >= 11 is 0. The zero-order valence-electron chi connectivity index (χ0n) is 14.4. The van der Waals surface area contributed by atoms with Gasteiger partial charge in [-0.15, -0.1) is 10.2 Å². The van der Waals surface area contributed by atoms with Gasteiger partial charge in [-0.05, 0) is 55.5 Å². The van der Waals surface area contributed by atoms with Crippen LogP contribution >= 0.6 is 0 Å². The lowest BCUT2D eigenvalue weighted by Gasteiger charge is -2.08. The van der Waals surface area contributed by atoms with Crippen molar-refractivity contribution >= 4 is 23.1 Å². The van der Waals surface area contributed by atoms with Crippen LogP contribution in [-0.4, -0.2) is 22.7 Å². The minimum absolute atomic E-state index is 0.0530. The monoisotopic (exact) mass is 370 g/mol. The molecule has 3 rings (SSSR count). The number of hydrogen-bond acceptors (Lipinski definition) is 5. The van der Waals surface area contributed by atoms with E-state index in [1.54, 1.807) is 24.3 Å². The summed E-state index contributed by atoms with van der Waals surface area (Å²) in [5.41, 5.74) is 0.729. The number of ether oxygens (including phenoxy) is 1. The average Bonchev–Trinajstić information content (AvgIpc) is 2.66. The highest BCUT2D eigenvalue weighted by molar-refractivity contribution is 6.02. The lowest BCUT2D eigenvalue weighted by atomic mass is 10.2. The van der Waals surface area contributed by atoms with Crippen LogP contribution < -0.4 is 15.4 Å². The Balaban J connectivity index is 1.64. The van der Waals surface area contributed by atoms with Crippen LogP contribution in [0.25, 0.3) is 0 Å². The molecule has 0 fully saturated rings. The van der Waals surface area contributed by atoms with Gasteiger partial charge in [-0.3, -0.25) is 4.79 Å². The lowest BCUT2D eigenvalue weighted by molar-refractivity contribution is 0.102. The zero-order valence-corrected chi connectivity index (χ0v) is 14.4. The molecule has 0 spiro atoms. The van der Waals surface area contributed by atoms with Crippen LogP contribution in [0.3, 0.4) is 0 Å². The number of hydrogen-bond donors (Lipinski definition) is 2. The summed E-state index contributed by atoms with van der Waals surface area (Å²) in [6.07, 6.45) is 0. The SMILES string of the molecule is CCOc1ccc(NC(=O)c2ccc(Nc3ccc(F)cc3F)nn2)cc1. The maximum absolute atomic E-state index is 13.6. The largest absolute Gasteiger partial charge is 0.494 e. The van der Waals surface area contributed by atoms with Gasteiger partial charge in [-0.2, -0.15) is 0 Å². The number of anilines is 3. The standard InChI is InChI=1S/C19H16F2N4O2/c1-2-27-14-6-4-13(5-7-14)22-19(26)17-9-10-18(25-24-17)23-16-8-3-12(20)11-15(16)21/h3-11H,2H2,1H3,(H,22,26)(H,23,25). The number of nitrogens with zero attached hydrogens (tertiary/aromatic N) is 2. The molecule has 0 aliphatic heterocycles. The highest BCUT2D eigenvalue weighted by atomic mass is 19.1. The fourth-order valence-corrected chi connectivity index (χ4v) is 2.25. The second-order valence-corrected chi connectivity index (χ2v) is 5.46. The third kappa shape index (κ3) is 4.75. The summed E-state index contributed by atoms with van der Waals surface area (Å²) in [6, 6.07) is 13.0. The van der Waals surface area contributed by atoms with Crippen LogP contribution in [-0.2, 0) is 0 Å². The molecule has 2 aromatic carbocycles. The van der Waals surface area contributed by atoms with E-state index in [0.29, 0.717) is 18.0 Å². The summed E-state index contributed by atoms with van der Waals surface area (Å²) < 4.78 is 31.9. The molecule has 0 saturated heterocycles.